The molecule has 2 aromatic carbocycles. The molecule has 1 heterocycles. The third kappa shape index (κ3) is 7.36. The van der Waals surface area contributed by atoms with E-state index in [0.29, 0.717) is 21.4 Å². The second-order valence-corrected chi connectivity index (χ2v) is 11.5. The van der Waals surface area contributed by atoms with E-state index in [9.17, 15) is 9.59 Å². The zero-order chi connectivity index (χ0) is 23.0. The van der Waals surface area contributed by atoms with Crippen LogP contribution in [0.25, 0.3) is 6.08 Å². The maximum absolute atomic E-state index is 13.2. The van der Waals surface area contributed by atoms with Crippen molar-refractivity contribution in [3.05, 3.63) is 72.3 Å². The van der Waals surface area contributed by atoms with Gasteiger partial charge in [-0.25, -0.2) is 0 Å². The molecule has 0 N–H and O–H groups in total. The molecule has 32 heavy (non-hydrogen) atoms. The van der Waals surface area contributed by atoms with Gasteiger partial charge in [0.15, 0.2) is 0 Å². The molecule has 170 valence electrons. The van der Waals surface area contributed by atoms with E-state index in [-0.39, 0.29) is 17.9 Å². The Morgan fingerprint density at radius 3 is 2.34 bits per heavy atom. The number of esters is 1. The fourth-order valence-corrected chi connectivity index (χ4v) is 5.82. The SMILES string of the molecule is CC(C)(C)OC(=O)[C@@H]1CC[C@H](CCC[Se]c2ccccc2)N1C(=O)C=Cc1ccccc1. The summed E-state index contributed by atoms with van der Waals surface area (Å²) in [5.41, 5.74) is 0.401. The Labute approximate surface area is 198 Å². The van der Waals surface area contributed by atoms with Crippen molar-refractivity contribution in [1.29, 1.82) is 0 Å². The van der Waals surface area contributed by atoms with Crippen molar-refractivity contribution in [3.63, 3.8) is 0 Å². The first-order valence-electron chi connectivity index (χ1n) is 11.3. The zero-order valence-electron chi connectivity index (χ0n) is 19.2. The average molecular weight is 499 g/mol. The maximum atomic E-state index is 13.2. The molecular formula is C27H33NO3Se. The number of likely N-dealkylation sites (tertiary alicyclic amines) is 1. The van der Waals surface area contributed by atoms with Gasteiger partial charge >= 0.3 is 198 Å². The van der Waals surface area contributed by atoms with Gasteiger partial charge in [-0.15, -0.1) is 0 Å². The molecule has 4 nitrogen and oxygen atoms in total. The van der Waals surface area contributed by atoms with Gasteiger partial charge in [-0.3, -0.25) is 0 Å². The molecule has 3 rings (SSSR count). The molecule has 0 unspecified atom stereocenters. The van der Waals surface area contributed by atoms with Crippen LogP contribution in [-0.4, -0.2) is 49.4 Å². The number of nitrogens with zero attached hydrogens (tertiary/aromatic N) is 1. The van der Waals surface area contributed by atoms with Crippen LogP contribution in [0.4, 0.5) is 0 Å². The zero-order valence-corrected chi connectivity index (χ0v) is 20.9. The first kappa shape index (κ1) is 24.3. The van der Waals surface area contributed by atoms with E-state index in [0.717, 1.165) is 30.1 Å². The summed E-state index contributed by atoms with van der Waals surface area (Å²) in [5, 5.41) is 1.13. The molecule has 1 amide bonds. The minimum absolute atomic E-state index is 0.0759. The van der Waals surface area contributed by atoms with Gasteiger partial charge in [0.25, 0.3) is 0 Å². The Hall–Kier alpha value is -2.36. The second kappa shape index (κ2) is 11.5. The standard InChI is InChI=1S/C27H33NO3Se/c1-27(2,3)31-26(30)24-18-17-22(13-10-20-32-23-14-8-5-9-15-23)28(24)25(29)19-16-21-11-6-4-7-12-21/h4-9,11-12,14-16,19,22,24H,10,13,17-18,20H2,1-3H3/t22-,24-/m0/s1. The Bertz CT molecular complexity index is 906. The van der Waals surface area contributed by atoms with Gasteiger partial charge in [0.05, 0.1) is 0 Å². The van der Waals surface area contributed by atoms with Crippen LogP contribution in [0.5, 0.6) is 0 Å². The van der Waals surface area contributed by atoms with E-state index in [1.165, 1.54) is 4.46 Å². The van der Waals surface area contributed by atoms with E-state index >= 15 is 0 Å². The number of hydrogen-bond acceptors (Lipinski definition) is 3. The fourth-order valence-electron chi connectivity index (χ4n) is 3.94. The molecular weight excluding hydrogens is 465 g/mol. The Morgan fingerprint density at radius 2 is 1.69 bits per heavy atom. The van der Waals surface area contributed by atoms with Crippen LogP contribution in [0.3, 0.4) is 0 Å². The van der Waals surface area contributed by atoms with Gasteiger partial charge in [-0.1, -0.05) is 0 Å². The summed E-state index contributed by atoms with van der Waals surface area (Å²) in [7, 11) is 0. The average Bonchev–Trinajstić information content (AvgIpc) is 3.20. The number of hydrogen-bond donors (Lipinski definition) is 0. The van der Waals surface area contributed by atoms with Crippen molar-refractivity contribution in [2.24, 2.45) is 0 Å². The normalized spacial score (nSPS) is 18.8. The fraction of sp³-hybridized carbons (Fsp3) is 0.407. The third-order valence-electron chi connectivity index (χ3n) is 5.35. The summed E-state index contributed by atoms with van der Waals surface area (Å²) in [6.45, 7) is 5.60. The minimum atomic E-state index is -0.567. The Kier molecular flexibility index (Phi) is 8.72. The van der Waals surface area contributed by atoms with Crippen LogP contribution in [0.2, 0.25) is 5.32 Å². The van der Waals surface area contributed by atoms with Crippen molar-refractivity contribution in [1.82, 2.24) is 4.90 Å². The molecule has 1 aliphatic rings. The predicted octanol–water partition coefficient (Wildman–Crippen LogP) is 4.63. The van der Waals surface area contributed by atoms with Gasteiger partial charge in [0, 0.05) is 0 Å². The molecule has 0 saturated carbocycles. The third-order valence-corrected chi connectivity index (χ3v) is 7.65. The summed E-state index contributed by atoms with van der Waals surface area (Å²) < 4.78 is 7.04. The predicted molar refractivity (Wildman–Crippen MR) is 131 cm³/mol. The summed E-state index contributed by atoms with van der Waals surface area (Å²) in [4.78, 5) is 27.9. The molecule has 1 aliphatic heterocycles. The van der Waals surface area contributed by atoms with E-state index in [1.54, 1.807) is 11.0 Å². The number of rotatable bonds is 8. The van der Waals surface area contributed by atoms with Gasteiger partial charge < -0.3 is 0 Å². The molecule has 0 aliphatic carbocycles. The molecule has 2 atom stereocenters. The molecule has 1 fully saturated rings. The van der Waals surface area contributed by atoms with Gasteiger partial charge in [-0.05, 0) is 0 Å². The molecule has 0 bridgehead atoms. The van der Waals surface area contributed by atoms with Crippen molar-refractivity contribution in [2.45, 2.75) is 69.5 Å². The topological polar surface area (TPSA) is 46.6 Å². The van der Waals surface area contributed by atoms with E-state index < -0.39 is 11.6 Å². The molecule has 0 spiro atoms. The number of benzene rings is 2. The molecule has 0 aromatic heterocycles. The number of amides is 1. The van der Waals surface area contributed by atoms with Gasteiger partial charge in [-0.2, -0.15) is 0 Å². The Balaban J connectivity index is 1.66. The monoisotopic (exact) mass is 499 g/mol. The molecule has 0 radical (unpaired) electrons. The summed E-state index contributed by atoms with van der Waals surface area (Å²) in [6, 6.07) is 19.9. The van der Waals surface area contributed by atoms with E-state index in [1.807, 2.05) is 63.2 Å². The van der Waals surface area contributed by atoms with Gasteiger partial charge in [0.2, 0.25) is 0 Å². The first-order valence-corrected chi connectivity index (χ1v) is 13.4. The number of carbonyl (C=O) groups is 2. The molecule has 5 heteroatoms. The number of carbonyl (C=O) groups excluding carboxylic acids is 2. The Morgan fingerprint density at radius 1 is 1.03 bits per heavy atom. The quantitative estimate of drug-likeness (QED) is 0.231. The van der Waals surface area contributed by atoms with E-state index in [2.05, 4.69) is 24.3 Å². The van der Waals surface area contributed by atoms with Crippen LogP contribution in [0.15, 0.2) is 66.7 Å². The summed E-state index contributed by atoms with van der Waals surface area (Å²) in [6.07, 6.45) is 6.88. The van der Waals surface area contributed by atoms with Crippen LogP contribution >= 0.6 is 0 Å². The van der Waals surface area contributed by atoms with Crippen molar-refractivity contribution in [2.75, 3.05) is 0 Å². The van der Waals surface area contributed by atoms with Crippen LogP contribution < -0.4 is 4.46 Å². The van der Waals surface area contributed by atoms with E-state index in [4.69, 9.17) is 4.74 Å². The molecule has 2 aromatic rings. The second-order valence-electron chi connectivity index (χ2n) is 9.07. The van der Waals surface area contributed by atoms with Crippen LogP contribution in [0, 0.1) is 0 Å². The summed E-state index contributed by atoms with van der Waals surface area (Å²) in [5.74, 6) is -0.407. The van der Waals surface area contributed by atoms with Gasteiger partial charge in [0.1, 0.15) is 0 Å². The first-order chi connectivity index (χ1) is 15.3. The molecule has 1 saturated heterocycles. The van der Waals surface area contributed by atoms with Crippen LogP contribution in [0.1, 0.15) is 52.0 Å². The van der Waals surface area contributed by atoms with Crippen molar-refractivity contribution >= 4 is 37.4 Å². The van der Waals surface area contributed by atoms with Crippen LogP contribution in [-0.2, 0) is 14.3 Å². The number of ether oxygens (including phenoxy) is 1. The summed E-state index contributed by atoms with van der Waals surface area (Å²) >= 11 is 0.437. The van der Waals surface area contributed by atoms with Crippen molar-refractivity contribution < 1.29 is 14.3 Å². The van der Waals surface area contributed by atoms with Crippen molar-refractivity contribution in [3.8, 4) is 0 Å².